The lowest BCUT2D eigenvalue weighted by atomic mass is 10.0. The van der Waals surface area contributed by atoms with E-state index in [2.05, 4.69) is 10.6 Å². The number of hydrogen-bond donors (Lipinski definition) is 2. The minimum absolute atomic E-state index is 0.0419. The number of carbonyl (C=O) groups excluding carboxylic acids is 2. The van der Waals surface area contributed by atoms with Crippen LogP contribution >= 0.6 is 0 Å². The first-order valence-electron chi connectivity index (χ1n) is 7.34. The molecule has 6 nitrogen and oxygen atoms in total. The van der Waals surface area contributed by atoms with Crippen LogP contribution in [0.25, 0.3) is 0 Å². The maximum Gasteiger partial charge on any atom is 0.329 e. The molecule has 1 aromatic carbocycles. The Morgan fingerprint density at radius 3 is 2.55 bits per heavy atom. The normalized spacial score (nSPS) is 16.5. The van der Waals surface area contributed by atoms with E-state index < -0.39 is 11.5 Å². The summed E-state index contributed by atoms with van der Waals surface area (Å²) in [5, 5.41) is 5.80. The molecule has 120 valence electrons. The number of para-hydroxylation sites is 1. The Morgan fingerprint density at radius 1 is 1.27 bits per heavy atom. The molecule has 1 aliphatic carbocycles. The van der Waals surface area contributed by atoms with E-state index >= 15 is 0 Å². The SMILES string of the molecule is COC(=O)C(C)(COc1ccccc1)NCC(=O)NC1CC1. The summed E-state index contributed by atoms with van der Waals surface area (Å²) in [5.74, 6) is 0.0573. The highest BCUT2D eigenvalue weighted by Gasteiger charge is 2.36. The molecule has 22 heavy (non-hydrogen) atoms. The molecule has 1 unspecified atom stereocenters. The van der Waals surface area contributed by atoms with Crippen LogP contribution in [-0.2, 0) is 14.3 Å². The van der Waals surface area contributed by atoms with Gasteiger partial charge in [0.2, 0.25) is 5.91 Å². The summed E-state index contributed by atoms with van der Waals surface area (Å²) in [4.78, 5) is 23.8. The van der Waals surface area contributed by atoms with Gasteiger partial charge < -0.3 is 14.8 Å². The van der Waals surface area contributed by atoms with Gasteiger partial charge in [0.15, 0.2) is 0 Å². The molecular formula is C16H22N2O4. The molecule has 1 aliphatic rings. The zero-order chi connectivity index (χ0) is 16.0. The smallest absolute Gasteiger partial charge is 0.329 e. The first kappa shape index (κ1) is 16.3. The fourth-order valence-corrected chi connectivity index (χ4v) is 1.93. The third-order valence-electron chi connectivity index (χ3n) is 3.49. The Morgan fingerprint density at radius 2 is 1.95 bits per heavy atom. The van der Waals surface area contributed by atoms with E-state index in [-0.39, 0.29) is 19.1 Å². The zero-order valence-electron chi connectivity index (χ0n) is 12.9. The van der Waals surface area contributed by atoms with Crippen LogP contribution in [0.2, 0.25) is 0 Å². The molecule has 0 spiro atoms. The third-order valence-corrected chi connectivity index (χ3v) is 3.49. The highest BCUT2D eigenvalue weighted by atomic mass is 16.5. The van der Waals surface area contributed by atoms with E-state index in [1.54, 1.807) is 19.1 Å². The van der Waals surface area contributed by atoms with Crippen LogP contribution in [0.5, 0.6) is 5.75 Å². The molecule has 0 saturated heterocycles. The number of methoxy groups -OCH3 is 1. The van der Waals surface area contributed by atoms with Crippen molar-refractivity contribution in [1.82, 2.24) is 10.6 Å². The topological polar surface area (TPSA) is 76.7 Å². The van der Waals surface area contributed by atoms with E-state index in [1.807, 2.05) is 18.2 Å². The van der Waals surface area contributed by atoms with E-state index in [4.69, 9.17) is 9.47 Å². The van der Waals surface area contributed by atoms with Gasteiger partial charge in [0.1, 0.15) is 17.9 Å². The number of carbonyl (C=O) groups is 2. The van der Waals surface area contributed by atoms with Crippen molar-refractivity contribution in [2.24, 2.45) is 0 Å². The van der Waals surface area contributed by atoms with Crippen LogP contribution in [0.15, 0.2) is 30.3 Å². The molecule has 2 rings (SSSR count). The standard InChI is InChI=1S/C16H22N2O4/c1-16(15(20)21-2,11-22-13-6-4-3-5-7-13)17-10-14(19)18-12-8-9-12/h3-7,12,17H,8-11H2,1-2H3,(H,18,19). The zero-order valence-corrected chi connectivity index (χ0v) is 12.9. The largest absolute Gasteiger partial charge is 0.491 e. The molecular weight excluding hydrogens is 284 g/mol. The number of rotatable bonds is 8. The number of nitrogens with one attached hydrogen (secondary N) is 2. The van der Waals surface area contributed by atoms with Crippen LogP contribution in [0.4, 0.5) is 0 Å². The summed E-state index contributed by atoms with van der Waals surface area (Å²) >= 11 is 0. The summed E-state index contributed by atoms with van der Waals surface area (Å²) in [6.45, 7) is 1.77. The van der Waals surface area contributed by atoms with Gasteiger partial charge in [-0.2, -0.15) is 0 Å². The lowest BCUT2D eigenvalue weighted by Crippen LogP contribution is -2.57. The minimum Gasteiger partial charge on any atom is -0.491 e. The molecule has 0 radical (unpaired) electrons. The van der Waals surface area contributed by atoms with Crippen LogP contribution in [0, 0.1) is 0 Å². The molecule has 0 aromatic heterocycles. The second-order valence-corrected chi connectivity index (χ2v) is 5.62. The molecule has 1 amide bonds. The van der Waals surface area contributed by atoms with Gasteiger partial charge >= 0.3 is 5.97 Å². The van der Waals surface area contributed by atoms with Crippen LogP contribution in [-0.4, -0.2) is 43.7 Å². The Balaban J connectivity index is 1.90. The lowest BCUT2D eigenvalue weighted by Gasteiger charge is -2.27. The van der Waals surface area contributed by atoms with Crippen LogP contribution < -0.4 is 15.4 Å². The molecule has 1 saturated carbocycles. The van der Waals surface area contributed by atoms with Crippen molar-refractivity contribution in [3.63, 3.8) is 0 Å². The second kappa shape index (κ2) is 7.26. The average molecular weight is 306 g/mol. The number of hydrogen-bond acceptors (Lipinski definition) is 5. The Kier molecular flexibility index (Phi) is 5.38. The van der Waals surface area contributed by atoms with Crippen molar-refractivity contribution in [2.45, 2.75) is 31.3 Å². The maximum atomic E-state index is 12.0. The first-order valence-corrected chi connectivity index (χ1v) is 7.34. The second-order valence-electron chi connectivity index (χ2n) is 5.62. The van der Waals surface area contributed by atoms with Crippen molar-refractivity contribution in [3.05, 3.63) is 30.3 Å². The highest BCUT2D eigenvalue weighted by Crippen LogP contribution is 2.18. The van der Waals surface area contributed by atoms with Gasteiger partial charge in [0, 0.05) is 6.04 Å². The monoisotopic (exact) mass is 306 g/mol. The van der Waals surface area contributed by atoms with E-state index in [9.17, 15) is 9.59 Å². The Labute approximate surface area is 130 Å². The lowest BCUT2D eigenvalue weighted by molar-refractivity contribution is -0.149. The summed E-state index contributed by atoms with van der Waals surface area (Å²) in [5.41, 5.74) is -1.09. The van der Waals surface area contributed by atoms with Gasteiger partial charge in [-0.3, -0.25) is 10.1 Å². The van der Waals surface area contributed by atoms with Gasteiger partial charge in [0.05, 0.1) is 13.7 Å². The Hall–Kier alpha value is -2.08. The number of amides is 1. The third kappa shape index (κ3) is 4.73. The molecule has 1 atom stereocenters. The van der Waals surface area contributed by atoms with Gasteiger partial charge in [-0.05, 0) is 31.9 Å². The quantitative estimate of drug-likeness (QED) is 0.697. The molecule has 0 bridgehead atoms. The predicted molar refractivity (Wildman–Crippen MR) is 81.5 cm³/mol. The van der Waals surface area contributed by atoms with Gasteiger partial charge in [0.25, 0.3) is 0 Å². The predicted octanol–water partition coefficient (Wildman–Crippen LogP) is 0.865. The number of esters is 1. The molecule has 6 heteroatoms. The first-order chi connectivity index (χ1) is 10.5. The molecule has 2 N–H and O–H groups in total. The average Bonchev–Trinajstić information content (AvgIpc) is 3.35. The van der Waals surface area contributed by atoms with Crippen molar-refractivity contribution in [2.75, 3.05) is 20.3 Å². The van der Waals surface area contributed by atoms with E-state index in [1.165, 1.54) is 7.11 Å². The molecule has 0 heterocycles. The molecule has 1 fully saturated rings. The van der Waals surface area contributed by atoms with E-state index in [0.29, 0.717) is 11.8 Å². The van der Waals surface area contributed by atoms with Crippen LogP contribution in [0.3, 0.4) is 0 Å². The van der Waals surface area contributed by atoms with Gasteiger partial charge in [-0.1, -0.05) is 18.2 Å². The van der Waals surface area contributed by atoms with Gasteiger partial charge in [-0.25, -0.2) is 4.79 Å². The van der Waals surface area contributed by atoms with Gasteiger partial charge in [-0.15, -0.1) is 0 Å². The minimum atomic E-state index is -1.09. The number of benzene rings is 1. The van der Waals surface area contributed by atoms with Crippen molar-refractivity contribution >= 4 is 11.9 Å². The van der Waals surface area contributed by atoms with Crippen molar-refractivity contribution < 1.29 is 19.1 Å². The fraction of sp³-hybridized carbons (Fsp3) is 0.500. The summed E-state index contributed by atoms with van der Waals surface area (Å²) in [6, 6.07) is 9.48. The molecule has 1 aromatic rings. The van der Waals surface area contributed by atoms with Crippen molar-refractivity contribution in [1.29, 1.82) is 0 Å². The van der Waals surface area contributed by atoms with Crippen LogP contribution in [0.1, 0.15) is 19.8 Å². The molecule has 0 aliphatic heterocycles. The highest BCUT2D eigenvalue weighted by molar-refractivity contribution is 5.83. The fourth-order valence-electron chi connectivity index (χ4n) is 1.93. The Bertz CT molecular complexity index is 516. The summed E-state index contributed by atoms with van der Waals surface area (Å²) in [6.07, 6.45) is 2.05. The van der Waals surface area contributed by atoms with Crippen molar-refractivity contribution in [3.8, 4) is 5.75 Å². The number of ether oxygens (including phenoxy) is 2. The maximum absolute atomic E-state index is 12.0. The summed E-state index contributed by atoms with van der Waals surface area (Å²) < 4.78 is 10.4. The summed E-state index contributed by atoms with van der Waals surface area (Å²) in [7, 11) is 1.31. The van der Waals surface area contributed by atoms with E-state index in [0.717, 1.165) is 12.8 Å².